The number of benzene rings is 2. The normalized spacial score (nSPS) is 14.0. The number of aliphatic hydroxyl groups excluding tert-OH is 1. The summed E-state index contributed by atoms with van der Waals surface area (Å²) >= 11 is 0. The summed E-state index contributed by atoms with van der Waals surface area (Å²) in [7, 11) is 0. The van der Waals surface area contributed by atoms with Gasteiger partial charge in [-0.1, -0.05) is 48.0 Å². The zero-order chi connectivity index (χ0) is 14.5. The molecule has 0 fully saturated rings. The Kier molecular flexibility index (Phi) is 4.88. The summed E-state index contributed by atoms with van der Waals surface area (Å²) in [4.78, 5) is 0. The Balaban J connectivity index is 1.96. The Morgan fingerprint density at radius 1 is 1.10 bits per heavy atom. The van der Waals surface area contributed by atoms with Crippen molar-refractivity contribution in [3.63, 3.8) is 0 Å². The number of hydrogen-bond acceptors (Lipinski definition) is 2. The van der Waals surface area contributed by atoms with Crippen LogP contribution in [0, 0.1) is 12.7 Å². The molecule has 0 aliphatic heterocycles. The Hall–Kier alpha value is -1.71. The lowest BCUT2D eigenvalue weighted by Crippen LogP contribution is -2.18. The number of hydrogen-bond donors (Lipinski definition) is 1. The van der Waals surface area contributed by atoms with Crippen molar-refractivity contribution in [3.05, 3.63) is 71.0 Å². The fourth-order valence-corrected chi connectivity index (χ4v) is 1.96. The molecule has 0 bridgehead atoms. The van der Waals surface area contributed by atoms with Gasteiger partial charge in [0.15, 0.2) is 0 Å². The van der Waals surface area contributed by atoms with Crippen LogP contribution in [-0.4, -0.2) is 11.2 Å². The lowest BCUT2D eigenvalue weighted by molar-refractivity contribution is -0.0372. The van der Waals surface area contributed by atoms with Gasteiger partial charge in [0, 0.05) is 5.56 Å². The van der Waals surface area contributed by atoms with E-state index in [4.69, 9.17) is 4.74 Å². The topological polar surface area (TPSA) is 29.5 Å². The minimum atomic E-state index is -0.720. The predicted molar refractivity (Wildman–Crippen MR) is 76.8 cm³/mol. The highest BCUT2D eigenvalue weighted by molar-refractivity contribution is 5.23. The lowest BCUT2D eigenvalue weighted by Gasteiger charge is -2.20. The van der Waals surface area contributed by atoms with Gasteiger partial charge in [0.05, 0.1) is 12.7 Å². The SMILES string of the molecule is Cc1ccc(C(O)C(C)OCc2ccccc2F)cc1. The molecule has 0 saturated heterocycles. The quantitative estimate of drug-likeness (QED) is 0.899. The third-order valence-corrected chi connectivity index (χ3v) is 3.32. The Morgan fingerprint density at radius 3 is 2.40 bits per heavy atom. The van der Waals surface area contributed by atoms with E-state index in [0.29, 0.717) is 5.56 Å². The first kappa shape index (κ1) is 14.7. The molecule has 3 heteroatoms. The monoisotopic (exact) mass is 274 g/mol. The van der Waals surface area contributed by atoms with Crippen molar-refractivity contribution in [2.75, 3.05) is 0 Å². The third kappa shape index (κ3) is 3.65. The number of aryl methyl sites for hydroxylation is 1. The van der Waals surface area contributed by atoms with Gasteiger partial charge in [-0.25, -0.2) is 4.39 Å². The molecule has 2 rings (SSSR count). The molecule has 0 spiro atoms. The highest BCUT2D eigenvalue weighted by Gasteiger charge is 2.17. The van der Waals surface area contributed by atoms with Crippen LogP contribution in [0.3, 0.4) is 0 Å². The van der Waals surface area contributed by atoms with Crippen LogP contribution in [0.15, 0.2) is 48.5 Å². The van der Waals surface area contributed by atoms with E-state index in [-0.39, 0.29) is 12.4 Å². The van der Waals surface area contributed by atoms with Gasteiger partial charge < -0.3 is 9.84 Å². The number of aliphatic hydroxyl groups is 1. The second-order valence-corrected chi connectivity index (χ2v) is 4.96. The zero-order valence-corrected chi connectivity index (χ0v) is 11.7. The van der Waals surface area contributed by atoms with Gasteiger partial charge in [-0.05, 0) is 25.5 Å². The molecule has 0 heterocycles. The molecular weight excluding hydrogens is 255 g/mol. The molecule has 106 valence electrons. The van der Waals surface area contributed by atoms with Crippen LogP contribution in [0.25, 0.3) is 0 Å². The maximum Gasteiger partial charge on any atom is 0.128 e. The highest BCUT2D eigenvalue weighted by atomic mass is 19.1. The van der Waals surface area contributed by atoms with E-state index in [1.54, 1.807) is 25.1 Å². The fourth-order valence-electron chi connectivity index (χ4n) is 1.96. The molecule has 2 aromatic rings. The summed E-state index contributed by atoms with van der Waals surface area (Å²) in [6.07, 6.45) is -1.13. The van der Waals surface area contributed by atoms with E-state index >= 15 is 0 Å². The average molecular weight is 274 g/mol. The fraction of sp³-hybridized carbons (Fsp3) is 0.294. The predicted octanol–water partition coefficient (Wildman–Crippen LogP) is 3.77. The van der Waals surface area contributed by atoms with Crippen molar-refractivity contribution in [1.82, 2.24) is 0 Å². The standard InChI is InChI=1S/C17H19FO2/c1-12-7-9-14(10-8-12)17(19)13(2)20-11-15-5-3-4-6-16(15)18/h3-10,13,17,19H,11H2,1-2H3. The van der Waals surface area contributed by atoms with E-state index in [0.717, 1.165) is 11.1 Å². The van der Waals surface area contributed by atoms with Crippen molar-refractivity contribution in [2.24, 2.45) is 0 Å². The van der Waals surface area contributed by atoms with Gasteiger partial charge in [0.2, 0.25) is 0 Å². The number of rotatable bonds is 5. The van der Waals surface area contributed by atoms with Crippen molar-refractivity contribution in [2.45, 2.75) is 32.7 Å². The van der Waals surface area contributed by atoms with Gasteiger partial charge >= 0.3 is 0 Å². The number of ether oxygens (including phenoxy) is 1. The summed E-state index contributed by atoms with van der Waals surface area (Å²) in [5.41, 5.74) is 2.44. The molecule has 2 atom stereocenters. The highest BCUT2D eigenvalue weighted by Crippen LogP contribution is 2.21. The van der Waals surface area contributed by atoms with E-state index in [1.807, 2.05) is 31.2 Å². The van der Waals surface area contributed by atoms with Crippen LogP contribution in [-0.2, 0) is 11.3 Å². The van der Waals surface area contributed by atoms with Crippen LogP contribution in [0.5, 0.6) is 0 Å². The molecule has 0 aromatic heterocycles. The van der Waals surface area contributed by atoms with Crippen molar-refractivity contribution in [3.8, 4) is 0 Å². The summed E-state index contributed by atoms with van der Waals surface area (Å²) in [6.45, 7) is 3.93. The zero-order valence-electron chi connectivity index (χ0n) is 11.7. The van der Waals surface area contributed by atoms with Gasteiger partial charge in [-0.3, -0.25) is 0 Å². The van der Waals surface area contributed by atoms with Gasteiger partial charge in [0.25, 0.3) is 0 Å². The van der Waals surface area contributed by atoms with Crippen LogP contribution >= 0.6 is 0 Å². The van der Waals surface area contributed by atoms with E-state index in [2.05, 4.69) is 0 Å². The Bertz CT molecular complexity index is 551. The largest absolute Gasteiger partial charge is 0.386 e. The molecule has 1 N–H and O–H groups in total. The van der Waals surface area contributed by atoms with Crippen molar-refractivity contribution < 1.29 is 14.2 Å². The lowest BCUT2D eigenvalue weighted by atomic mass is 10.0. The van der Waals surface area contributed by atoms with Gasteiger partial charge in [-0.15, -0.1) is 0 Å². The van der Waals surface area contributed by atoms with Crippen molar-refractivity contribution >= 4 is 0 Å². The molecule has 20 heavy (non-hydrogen) atoms. The minimum absolute atomic E-state index is 0.150. The van der Waals surface area contributed by atoms with E-state index in [9.17, 15) is 9.50 Å². The first-order chi connectivity index (χ1) is 9.58. The second-order valence-electron chi connectivity index (χ2n) is 4.96. The molecule has 2 unspecified atom stereocenters. The third-order valence-electron chi connectivity index (χ3n) is 3.32. The molecular formula is C17H19FO2. The molecule has 2 nitrogen and oxygen atoms in total. The van der Waals surface area contributed by atoms with E-state index < -0.39 is 12.2 Å². The first-order valence-corrected chi connectivity index (χ1v) is 6.67. The van der Waals surface area contributed by atoms with E-state index in [1.165, 1.54) is 6.07 Å². The minimum Gasteiger partial charge on any atom is -0.386 e. The van der Waals surface area contributed by atoms with Gasteiger partial charge in [0.1, 0.15) is 11.9 Å². The summed E-state index contributed by atoms with van der Waals surface area (Å²) < 4.78 is 19.0. The maximum absolute atomic E-state index is 13.5. The van der Waals surface area contributed by atoms with Crippen LogP contribution < -0.4 is 0 Å². The molecule has 0 aliphatic carbocycles. The van der Waals surface area contributed by atoms with Crippen LogP contribution in [0.2, 0.25) is 0 Å². The average Bonchev–Trinajstić information content (AvgIpc) is 2.46. The summed E-state index contributed by atoms with van der Waals surface area (Å²) in [5.74, 6) is -0.287. The Morgan fingerprint density at radius 2 is 1.75 bits per heavy atom. The maximum atomic E-state index is 13.5. The molecule has 2 aromatic carbocycles. The van der Waals surface area contributed by atoms with Crippen LogP contribution in [0.1, 0.15) is 29.7 Å². The van der Waals surface area contributed by atoms with Crippen molar-refractivity contribution in [1.29, 1.82) is 0 Å². The molecule has 0 radical (unpaired) electrons. The summed E-state index contributed by atoms with van der Waals surface area (Å²) in [5, 5.41) is 10.2. The Labute approximate surface area is 118 Å². The molecule has 0 aliphatic rings. The summed E-state index contributed by atoms with van der Waals surface area (Å²) in [6, 6.07) is 14.1. The molecule has 0 amide bonds. The first-order valence-electron chi connectivity index (χ1n) is 6.67. The molecule has 0 saturated carbocycles. The smallest absolute Gasteiger partial charge is 0.128 e. The number of halogens is 1. The van der Waals surface area contributed by atoms with Crippen LogP contribution in [0.4, 0.5) is 4.39 Å². The van der Waals surface area contributed by atoms with Gasteiger partial charge in [-0.2, -0.15) is 0 Å². The second kappa shape index (κ2) is 6.64.